The number of hydrogen-bond donors (Lipinski definition) is 1. The molecule has 1 aromatic heterocycles. The highest BCUT2D eigenvalue weighted by Crippen LogP contribution is 2.29. The van der Waals surface area contributed by atoms with Crippen LogP contribution in [0, 0.1) is 5.82 Å². The second-order valence-electron chi connectivity index (χ2n) is 3.43. The van der Waals surface area contributed by atoms with Crippen molar-refractivity contribution in [2.45, 2.75) is 6.10 Å². The highest BCUT2D eigenvalue weighted by molar-refractivity contribution is 9.10. The third kappa shape index (κ3) is 2.50. The smallest absolute Gasteiger partial charge is 0.169 e. The summed E-state index contributed by atoms with van der Waals surface area (Å²) in [7, 11) is 1.45. The van der Waals surface area contributed by atoms with Gasteiger partial charge in [0.25, 0.3) is 0 Å². The first-order valence-electron chi connectivity index (χ1n) is 4.88. The lowest BCUT2D eigenvalue weighted by molar-refractivity contribution is 0.183. The maximum atomic E-state index is 13.7. The van der Waals surface area contributed by atoms with E-state index in [-0.39, 0.29) is 11.3 Å². The Morgan fingerprint density at radius 1 is 1.35 bits per heavy atom. The van der Waals surface area contributed by atoms with E-state index < -0.39 is 11.9 Å². The molecule has 0 spiro atoms. The molecule has 90 valence electrons. The molecule has 3 nitrogen and oxygen atoms in total. The van der Waals surface area contributed by atoms with E-state index in [9.17, 15) is 9.50 Å². The van der Waals surface area contributed by atoms with Crippen molar-refractivity contribution in [1.82, 2.24) is 0 Å². The summed E-state index contributed by atoms with van der Waals surface area (Å²) in [5, 5.41) is 9.95. The summed E-state index contributed by atoms with van der Waals surface area (Å²) in [6, 6.07) is 7.49. The molecular weight excluding hydrogens is 291 g/mol. The standard InChI is InChI=1S/C12H10BrFO3/c1-16-7-2-3-8(9(14)6-7)12(15)10-4-5-11(13)17-10/h2-6,12,15H,1H3. The van der Waals surface area contributed by atoms with Gasteiger partial charge < -0.3 is 14.3 Å². The first-order chi connectivity index (χ1) is 8.11. The normalized spacial score (nSPS) is 12.5. The molecule has 0 aliphatic heterocycles. The average molecular weight is 301 g/mol. The predicted molar refractivity (Wildman–Crippen MR) is 63.4 cm³/mol. The van der Waals surface area contributed by atoms with E-state index in [2.05, 4.69) is 15.9 Å². The topological polar surface area (TPSA) is 42.6 Å². The molecule has 1 atom stereocenters. The number of hydrogen-bond acceptors (Lipinski definition) is 3. The molecule has 1 N–H and O–H groups in total. The molecule has 0 saturated carbocycles. The van der Waals surface area contributed by atoms with Crippen molar-refractivity contribution in [3.63, 3.8) is 0 Å². The SMILES string of the molecule is COc1ccc(C(O)c2ccc(Br)o2)c(F)c1. The number of methoxy groups -OCH3 is 1. The predicted octanol–water partition coefficient (Wildman–Crippen LogP) is 3.27. The fourth-order valence-corrected chi connectivity index (χ4v) is 1.80. The van der Waals surface area contributed by atoms with Gasteiger partial charge in [0.15, 0.2) is 4.67 Å². The van der Waals surface area contributed by atoms with E-state index in [1.807, 2.05) is 0 Å². The third-order valence-corrected chi connectivity index (χ3v) is 2.79. The molecule has 2 rings (SSSR count). The van der Waals surface area contributed by atoms with Crippen LogP contribution in [0.4, 0.5) is 4.39 Å². The Balaban J connectivity index is 2.34. The van der Waals surface area contributed by atoms with Gasteiger partial charge in [0.05, 0.1) is 7.11 Å². The lowest BCUT2D eigenvalue weighted by atomic mass is 10.1. The van der Waals surface area contributed by atoms with Crippen molar-refractivity contribution in [3.8, 4) is 5.75 Å². The van der Waals surface area contributed by atoms with E-state index in [1.165, 1.54) is 19.2 Å². The fourth-order valence-electron chi connectivity index (χ4n) is 1.49. The second-order valence-corrected chi connectivity index (χ2v) is 4.21. The zero-order chi connectivity index (χ0) is 12.4. The molecule has 17 heavy (non-hydrogen) atoms. The van der Waals surface area contributed by atoms with Gasteiger partial charge in [0.1, 0.15) is 23.4 Å². The quantitative estimate of drug-likeness (QED) is 0.946. The molecule has 2 aromatic rings. The molecule has 0 bridgehead atoms. The highest BCUT2D eigenvalue weighted by atomic mass is 79.9. The van der Waals surface area contributed by atoms with Crippen LogP contribution in [-0.2, 0) is 0 Å². The Bertz CT molecular complexity index is 524. The lowest BCUT2D eigenvalue weighted by Crippen LogP contribution is -2.01. The van der Waals surface area contributed by atoms with Gasteiger partial charge in [-0.25, -0.2) is 4.39 Å². The minimum atomic E-state index is -1.13. The molecule has 0 amide bonds. The van der Waals surface area contributed by atoms with Crippen LogP contribution in [0.1, 0.15) is 17.4 Å². The Labute approximate surface area is 106 Å². The van der Waals surface area contributed by atoms with E-state index in [0.717, 1.165) is 0 Å². The average Bonchev–Trinajstić information content (AvgIpc) is 2.75. The van der Waals surface area contributed by atoms with Crippen LogP contribution in [0.2, 0.25) is 0 Å². The molecule has 1 heterocycles. The molecule has 0 aliphatic rings. The van der Waals surface area contributed by atoms with Crippen molar-refractivity contribution in [3.05, 3.63) is 52.1 Å². The Morgan fingerprint density at radius 2 is 2.12 bits per heavy atom. The van der Waals surface area contributed by atoms with Crippen molar-refractivity contribution in [1.29, 1.82) is 0 Å². The van der Waals surface area contributed by atoms with Crippen LogP contribution >= 0.6 is 15.9 Å². The Hall–Kier alpha value is -1.33. The van der Waals surface area contributed by atoms with Crippen LogP contribution in [0.3, 0.4) is 0 Å². The summed E-state index contributed by atoms with van der Waals surface area (Å²) in [5.41, 5.74) is 0.146. The van der Waals surface area contributed by atoms with Crippen molar-refractivity contribution in [2.24, 2.45) is 0 Å². The van der Waals surface area contributed by atoms with Gasteiger partial charge in [-0.05, 0) is 40.2 Å². The van der Waals surface area contributed by atoms with Crippen molar-refractivity contribution >= 4 is 15.9 Å². The first kappa shape index (κ1) is 12.1. The Kier molecular flexibility index (Phi) is 3.49. The van der Waals surface area contributed by atoms with E-state index >= 15 is 0 Å². The number of aliphatic hydroxyl groups excluding tert-OH is 1. The number of halogens is 2. The molecule has 0 saturated heterocycles. The molecular formula is C12H10BrFO3. The number of ether oxygens (including phenoxy) is 1. The summed E-state index contributed by atoms with van der Waals surface area (Å²) in [5.74, 6) is 0.143. The van der Waals surface area contributed by atoms with Gasteiger partial charge in [-0.2, -0.15) is 0 Å². The van der Waals surface area contributed by atoms with Crippen LogP contribution < -0.4 is 4.74 Å². The van der Waals surface area contributed by atoms with Gasteiger partial charge >= 0.3 is 0 Å². The van der Waals surface area contributed by atoms with Gasteiger partial charge in [0.2, 0.25) is 0 Å². The monoisotopic (exact) mass is 300 g/mol. The zero-order valence-electron chi connectivity index (χ0n) is 8.98. The zero-order valence-corrected chi connectivity index (χ0v) is 10.6. The second kappa shape index (κ2) is 4.89. The number of rotatable bonds is 3. The minimum Gasteiger partial charge on any atom is -0.497 e. The summed E-state index contributed by atoms with van der Waals surface area (Å²) in [6.45, 7) is 0. The van der Waals surface area contributed by atoms with Gasteiger partial charge in [-0.3, -0.25) is 0 Å². The van der Waals surface area contributed by atoms with Crippen LogP contribution in [0.25, 0.3) is 0 Å². The largest absolute Gasteiger partial charge is 0.497 e. The van der Waals surface area contributed by atoms with E-state index in [1.54, 1.807) is 18.2 Å². The number of aliphatic hydroxyl groups is 1. The first-order valence-corrected chi connectivity index (χ1v) is 5.68. The van der Waals surface area contributed by atoms with E-state index in [0.29, 0.717) is 10.4 Å². The summed E-state index contributed by atoms with van der Waals surface area (Å²) < 4.78 is 24.2. The van der Waals surface area contributed by atoms with Gasteiger partial charge in [-0.1, -0.05) is 0 Å². The summed E-state index contributed by atoms with van der Waals surface area (Å²) >= 11 is 3.12. The van der Waals surface area contributed by atoms with Gasteiger partial charge in [0, 0.05) is 11.6 Å². The maximum Gasteiger partial charge on any atom is 0.169 e. The van der Waals surface area contributed by atoms with Crippen molar-refractivity contribution < 1.29 is 18.7 Å². The summed E-state index contributed by atoms with van der Waals surface area (Å²) in [4.78, 5) is 0. The van der Waals surface area contributed by atoms with E-state index in [4.69, 9.17) is 9.15 Å². The molecule has 0 radical (unpaired) electrons. The molecule has 0 fully saturated rings. The minimum absolute atomic E-state index is 0.146. The number of benzene rings is 1. The Morgan fingerprint density at radius 3 is 2.65 bits per heavy atom. The molecule has 5 heteroatoms. The lowest BCUT2D eigenvalue weighted by Gasteiger charge is -2.10. The third-order valence-electron chi connectivity index (χ3n) is 2.37. The molecule has 1 unspecified atom stereocenters. The molecule has 0 aliphatic carbocycles. The maximum absolute atomic E-state index is 13.7. The van der Waals surface area contributed by atoms with Crippen LogP contribution in [0.15, 0.2) is 39.4 Å². The number of furan rings is 1. The highest BCUT2D eigenvalue weighted by Gasteiger charge is 2.18. The van der Waals surface area contributed by atoms with Crippen LogP contribution in [-0.4, -0.2) is 12.2 Å². The van der Waals surface area contributed by atoms with Crippen LogP contribution in [0.5, 0.6) is 5.75 Å². The molecule has 1 aromatic carbocycles. The summed E-state index contributed by atoms with van der Waals surface area (Å²) in [6.07, 6.45) is -1.13. The van der Waals surface area contributed by atoms with Gasteiger partial charge in [-0.15, -0.1) is 0 Å². The fraction of sp³-hybridized carbons (Fsp3) is 0.167. The van der Waals surface area contributed by atoms with Crippen molar-refractivity contribution in [2.75, 3.05) is 7.11 Å².